The molecule has 5 rings (SSSR count). The van der Waals surface area contributed by atoms with Crippen molar-refractivity contribution in [2.24, 2.45) is 4.99 Å². The van der Waals surface area contributed by atoms with Crippen molar-refractivity contribution in [2.45, 2.75) is 60.4 Å². The van der Waals surface area contributed by atoms with Crippen LogP contribution in [0.25, 0.3) is 11.1 Å². The number of thiophene rings is 1. The molecule has 1 aliphatic heterocycles. The zero-order valence-corrected chi connectivity index (χ0v) is 27.0. The Labute approximate surface area is 258 Å². The van der Waals surface area contributed by atoms with Gasteiger partial charge in [0.2, 0.25) is 0 Å². The minimum atomic E-state index is -0.752. The van der Waals surface area contributed by atoms with Crippen LogP contribution in [0.5, 0.6) is 5.75 Å². The summed E-state index contributed by atoms with van der Waals surface area (Å²) in [6.07, 6.45) is 3.22. The number of hydrogen-bond acceptors (Lipinski definition) is 8. The number of esters is 1. The number of fused-ring (bicyclic) bond motifs is 1. The molecular weight excluding hydrogens is 581 g/mol. The van der Waals surface area contributed by atoms with E-state index in [0.29, 0.717) is 43.9 Å². The topological polar surface area (TPSA) is 98.6 Å². The first-order valence-electron chi connectivity index (χ1n) is 14.2. The van der Waals surface area contributed by atoms with Gasteiger partial charge in [-0.05, 0) is 70.4 Å². The summed E-state index contributed by atoms with van der Waals surface area (Å²) in [4.78, 5) is 34.2. The molecule has 10 heteroatoms. The number of thiazole rings is 1. The zero-order chi connectivity index (χ0) is 31.0. The third kappa shape index (κ3) is 5.17. The average Bonchev–Trinajstić information content (AvgIpc) is 3.56. The molecule has 1 atom stereocenters. The Hall–Kier alpha value is -4.20. The molecule has 8 nitrogen and oxygen atoms in total. The van der Waals surface area contributed by atoms with Crippen LogP contribution in [0.1, 0.15) is 71.2 Å². The van der Waals surface area contributed by atoms with Crippen molar-refractivity contribution in [1.82, 2.24) is 9.13 Å². The highest BCUT2D eigenvalue weighted by atomic mass is 32.1. The lowest BCUT2D eigenvalue weighted by molar-refractivity contribution is -0.139. The lowest BCUT2D eigenvalue weighted by atomic mass is 9.93. The fourth-order valence-electron chi connectivity index (χ4n) is 5.59. The number of allylic oxidation sites excluding steroid dienone is 1. The van der Waals surface area contributed by atoms with Crippen LogP contribution in [-0.2, 0) is 9.53 Å². The van der Waals surface area contributed by atoms with E-state index in [1.54, 1.807) is 29.9 Å². The maximum absolute atomic E-state index is 14.2. The summed E-state index contributed by atoms with van der Waals surface area (Å²) in [6, 6.07) is 11.1. The van der Waals surface area contributed by atoms with Crippen LogP contribution in [0.4, 0.5) is 0 Å². The molecule has 0 spiro atoms. The van der Waals surface area contributed by atoms with Crippen molar-refractivity contribution in [3.8, 4) is 16.8 Å². The first-order chi connectivity index (χ1) is 20.7. The molecule has 4 heterocycles. The Morgan fingerprint density at radius 3 is 2.58 bits per heavy atom. The van der Waals surface area contributed by atoms with Gasteiger partial charge in [0.1, 0.15) is 22.9 Å². The molecule has 0 N–H and O–H groups in total. The van der Waals surface area contributed by atoms with E-state index in [0.717, 1.165) is 38.8 Å². The van der Waals surface area contributed by atoms with Gasteiger partial charge in [-0.3, -0.25) is 9.36 Å². The van der Waals surface area contributed by atoms with Gasteiger partial charge in [0.15, 0.2) is 4.80 Å². The van der Waals surface area contributed by atoms with Gasteiger partial charge >= 0.3 is 5.97 Å². The number of nitrogens with zero attached hydrogens (tertiary/aromatic N) is 4. The van der Waals surface area contributed by atoms with E-state index in [4.69, 9.17) is 14.5 Å². The molecule has 0 amide bonds. The zero-order valence-electron chi connectivity index (χ0n) is 25.4. The van der Waals surface area contributed by atoms with Gasteiger partial charge < -0.3 is 14.0 Å². The van der Waals surface area contributed by atoms with Gasteiger partial charge in [-0.15, -0.1) is 11.3 Å². The molecule has 0 fully saturated rings. The van der Waals surface area contributed by atoms with Gasteiger partial charge in [0, 0.05) is 21.8 Å². The van der Waals surface area contributed by atoms with E-state index >= 15 is 0 Å². The van der Waals surface area contributed by atoms with E-state index in [2.05, 4.69) is 10.6 Å². The molecule has 0 bridgehead atoms. The third-order valence-corrected chi connectivity index (χ3v) is 9.94. The van der Waals surface area contributed by atoms with E-state index < -0.39 is 12.0 Å². The van der Waals surface area contributed by atoms with E-state index in [-0.39, 0.29) is 12.2 Å². The quantitative estimate of drug-likeness (QED) is 0.243. The standard InChI is InChI=1S/C33H34N4O4S2/c1-8-12-25-28(32(39)41-9-2)29(23-13-10-11-14-26(23)40-7)37-30(38)27(43-33(37)35-25)16-22-15-18(3)36(20(22)5)31-24(17-34)19(4)21(6)42-31/h10-11,13-16,29H,8-9,12H2,1-7H3/b27-16+/t29-/m1/s1. The molecule has 0 saturated heterocycles. The van der Waals surface area contributed by atoms with Gasteiger partial charge in [-0.2, -0.15) is 5.26 Å². The molecular formula is C33H34N4O4S2. The van der Waals surface area contributed by atoms with Crippen molar-refractivity contribution in [3.63, 3.8) is 0 Å². The lowest BCUT2D eigenvalue weighted by Crippen LogP contribution is -2.40. The van der Waals surface area contributed by atoms with Crippen LogP contribution < -0.4 is 19.6 Å². The van der Waals surface area contributed by atoms with Crippen molar-refractivity contribution < 1.29 is 14.3 Å². The number of methoxy groups -OCH3 is 1. The molecule has 0 aliphatic carbocycles. The lowest BCUT2D eigenvalue weighted by Gasteiger charge is -2.26. The van der Waals surface area contributed by atoms with Crippen molar-refractivity contribution in [2.75, 3.05) is 13.7 Å². The second-order valence-electron chi connectivity index (χ2n) is 10.4. The fraction of sp³-hybridized carbons (Fsp3) is 0.333. The first kappa shape index (κ1) is 30.3. The maximum atomic E-state index is 14.2. The number of ether oxygens (including phenoxy) is 2. The van der Waals surface area contributed by atoms with Gasteiger partial charge in [-0.1, -0.05) is 42.9 Å². The fourth-order valence-corrected chi connectivity index (χ4v) is 7.82. The molecule has 1 aliphatic rings. The minimum absolute atomic E-state index is 0.206. The molecule has 0 radical (unpaired) electrons. The largest absolute Gasteiger partial charge is 0.496 e. The predicted molar refractivity (Wildman–Crippen MR) is 170 cm³/mol. The van der Waals surface area contributed by atoms with Gasteiger partial charge in [0.25, 0.3) is 5.56 Å². The minimum Gasteiger partial charge on any atom is -0.496 e. The summed E-state index contributed by atoms with van der Waals surface area (Å²) in [6.45, 7) is 12.0. The molecule has 222 valence electrons. The number of carbonyl (C=O) groups is 1. The summed E-state index contributed by atoms with van der Waals surface area (Å²) in [7, 11) is 1.58. The Bertz CT molecular complexity index is 2000. The maximum Gasteiger partial charge on any atom is 0.338 e. The van der Waals surface area contributed by atoms with Crippen LogP contribution in [0, 0.1) is 39.0 Å². The van der Waals surface area contributed by atoms with E-state index in [1.165, 1.54) is 11.3 Å². The van der Waals surface area contributed by atoms with Crippen LogP contribution in [0.3, 0.4) is 0 Å². The molecule has 43 heavy (non-hydrogen) atoms. The number of hydrogen-bond donors (Lipinski definition) is 0. The second-order valence-corrected chi connectivity index (χ2v) is 12.6. The van der Waals surface area contributed by atoms with Crippen molar-refractivity contribution >= 4 is 34.7 Å². The summed E-state index contributed by atoms with van der Waals surface area (Å²) >= 11 is 2.89. The highest BCUT2D eigenvalue weighted by Gasteiger charge is 2.36. The predicted octanol–water partition coefficient (Wildman–Crippen LogP) is 5.54. The number of aromatic nitrogens is 2. The molecule has 1 aromatic carbocycles. The van der Waals surface area contributed by atoms with Crippen LogP contribution in [-0.4, -0.2) is 28.8 Å². The Kier molecular flexibility index (Phi) is 8.58. The molecule has 0 saturated carbocycles. The van der Waals surface area contributed by atoms with E-state index in [1.807, 2.05) is 71.0 Å². The summed E-state index contributed by atoms with van der Waals surface area (Å²) in [5.41, 5.74) is 5.86. The summed E-state index contributed by atoms with van der Waals surface area (Å²) in [5.74, 6) is 0.0817. The number of carbonyl (C=O) groups excluding carboxylic acids is 1. The van der Waals surface area contributed by atoms with Crippen molar-refractivity contribution in [1.29, 1.82) is 5.26 Å². The molecule has 4 aromatic rings. The third-order valence-electron chi connectivity index (χ3n) is 7.76. The second kappa shape index (κ2) is 12.2. The number of aryl methyl sites for hydroxylation is 2. The Balaban J connectivity index is 1.76. The van der Waals surface area contributed by atoms with Crippen molar-refractivity contribution in [3.05, 3.63) is 99.8 Å². The molecule has 0 unspecified atom stereocenters. The molecule has 3 aromatic heterocycles. The highest BCUT2D eigenvalue weighted by Crippen LogP contribution is 2.37. The number of nitriles is 1. The smallest absolute Gasteiger partial charge is 0.338 e. The Morgan fingerprint density at radius 1 is 1.16 bits per heavy atom. The Morgan fingerprint density at radius 2 is 1.91 bits per heavy atom. The van der Waals surface area contributed by atoms with Gasteiger partial charge in [-0.25, -0.2) is 9.79 Å². The summed E-state index contributed by atoms with van der Waals surface area (Å²) < 4.78 is 15.4. The first-order valence-corrected chi connectivity index (χ1v) is 15.8. The van der Waals surface area contributed by atoms with Crippen LogP contribution >= 0.6 is 22.7 Å². The average molecular weight is 615 g/mol. The van der Waals surface area contributed by atoms with Gasteiger partial charge in [0.05, 0.1) is 35.1 Å². The van der Waals surface area contributed by atoms with Crippen LogP contribution in [0.15, 0.2) is 51.4 Å². The number of benzene rings is 1. The number of rotatable bonds is 8. The van der Waals surface area contributed by atoms with Crippen LogP contribution in [0.2, 0.25) is 0 Å². The number of para-hydroxylation sites is 1. The highest BCUT2D eigenvalue weighted by molar-refractivity contribution is 7.15. The summed E-state index contributed by atoms with van der Waals surface area (Å²) in [5, 5.41) is 10.8. The van der Waals surface area contributed by atoms with E-state index in [9.17, 15) is 14.9 Å². The normalized spacial score (nSPS) is 14.8. The SMILES string of the molecule is CCCC1=C(C(=O)OCC)[C@@H](c2ccccc2OC)n2c(s/c(=C/c3cc(C)n(-c4sc(C)c(C)c4C#N)c3C)c2=O)=N1. The monoisotopic (exact) mass is 614 g/mol.